The van der Waals surface area contributed by atoms with E-state index in [2.05, 4.69) is 124 Å². The SMILES string of the molecule is Cn1c(-n2c3ccccc3c3cc4c(cc32)c2ccccc2n4C2=CC=CCC2)nc2nc(-c3ccccc3)nc(-c3ccccc3)c21. The van der Waals surface area contributed by atoms with Gasteiger partial charge >= 0.3 is 0 Å². The van der Waals surface area contributed by atoms with Gasteiger partial charge < -0.3 is 9.13 Å². The topological polar surface area (TPSA) is 53.5 Å². The van der Waals surface area contributed by atoms with E-state index in [4.69, 9.17) is 15.0 Å². The van der Waals surface area contributed by atoms with Gasteiger partial charge in [0.2, 0.25) is 5.95 Å². The van der Waals surface area contributed by atoms with Crippen molar-refractivity contribution in [3.8, 4) is 28.6 Å². The Kier molecular flexibility index (Phi) is 5.81. The molecule has 0 spiro atoms. The lowest BCUT2D eigenvalue weighted by Gasteiger charge is -2.14. The van der Waals surface area contributed by atoms with Crippen molar-refractivity contribution in [2.24, 2.45) is 7.05 Å². The number of aryl methyl sites for hydroxylation is 1. The summed E-state index contributed by atoms with van der Waals surface area (Å²) in [7, 11) is 2.08. The van der Waals surface area contributed by atoms with Crippen LogP contribution in [0.4, 0.5) is 0 Å². The van der Waals surface area contributed by atoms with Gasteiger partial charge in [0, 0.05) is 45.4 Å². The maximum Gasteiger partial charge on any atom is 0.217 e. The molecule has 228 valence electrons. The summed E-state index contributed by atoms with van der Waals surface area (Å²) in [4.78, 5) is 15.5. The van der Waals surface area contributed by atoms with Gasteiger partial charge in [-0.15, -0.1) is 0 Å². The Morgan fingerprint density at radius 3 is 1.83 bits per heavy atom. The van der Waals surface area contributed by atoms with Gasteiger partial charge in [0.05, 0.1) is 22.1 Å². The van der Waals surface area contributed by atoms with E-state index in [-0.39, 0.29) is 0 Å². The average molecular weight is 619 g/mol. The molecule has 0 aliphatic heterocycles. The summed E-state index contributed by atoms with van der Waals surface area (Å²) in [5.41, 5.74) is 10.4. The molecule has 4 aromatic heterocycles. The fourth-order valence-corrected chi connectivity index (χ4v) is 7.54. The van der Waals surface area contributed by atoms with E-state index in [0.29, 0.717) is 11.5 Å². The molecule has 5 aromatic carbocycles. The molecule has 9 aromatic rings. The molecule has 0 unspecified atom stereocenters. The van der Waals surface area contributed by atoms with Crippen LogP contribution < -0.4 is 0 Å². The smallest absolute Gasteiger partial charge is 0.217 e. The number of imidazole rings is 1. The van der Waals surface area contributed by atoms with Crippen molar-refractivity contribution in [2.45, 2.75) is 12.8 Å². The third kappa shape index (κ3) is 3.89. The minimum atomic E-state index is 0.662. The van der Waals surface area contributed by atoms with Gasteiger partial charge in [-0.1, -0.05) is 109 Å². The van der Waals surface area contributed by atoms with Gasteiger partial charge in [-0.2, -0.15) is 4.98 Å². The molecule has 4 heterocycles. The number of allylic oxidation sites excluding steroid dienone is 4. The highest BCUT2D eigenvalue weighted by Crippen LogP contribution is 2.41. The van der Waals surface area contributed by atoms with Gasteiger partial charge in [-0.25, -0.2) is 9.97 Å². The predicted octanol–water partition coefficient (Wildman–Crippen LogP) is 10.1. The van der Waals surface area contributed by atoms with Gasteiger partial charge in [0.25, 0.3) is 0 Å². The zero-order valence-electron chi connectivity index (χ0n) is 26.4. The first kappa shape index (κ1) is 26.9. The van der Waals surface area contributed by atoms with Crippen LogP contribution in [-0.2, 0) is 7.05 Å². The Hall–Kier alpha value is -6.27. The van der Waals surface area contributed by atoms with Crippen LogP contribution >= 0.6 is 0 Å². The molecule has 10 rings (SSSR count). The summed E-state index contributed by atoms with van der Waals surface area (Å²) in [6.45, 7) is 0. The van der Waals surface area contributed by atoms with E-state index in [1.54, 1.807) is 0 Å². The van der Waals surface area contributed by atoms with E-state index in [1.165, 1.54) is 38.3 Å². The van der Waals surface area contributed by atoms with Gasteiger partial charge in [0.15, 0.2) is 11.5 Å². The molecule has 0 bridgehead atoms. The highest BCUT2D eigenvalue weighted by molar-refractivity contribution is 6.19. The molecule has 1 aliphatic carbocycles. The number of hydrogen-bond acceptors (Lipinski definition) is 3. The summed E-state index contributed by atoms with van der Waals surface area (Å²) >= 11 is 0. The van der Waals surface area contributed by atoms with Crippen LogP contribution in [0.1, 0.15) is 12.8 Å². The molecular formula is C42H30N6. The first-order valence-electron chi connectivity index (χ1n) is 16.4. The van der Waals surface area contributed by atoms with Crippen LogP contribution in [0.2, 0.25) is 0 Å². The summed E-state index contributed by atoms with van der Waals surface area (Å²) in [6, 6.07) is 42.7. The fourth-order valence-electron chi connectivity index (χ4n) is 7.54. The van der Waals surface area contributed by atoms with E-state index >= 15 is 0 Å². The highest BCUT2D eigenvalue weighted by Gasteiger charge is 2.24. The highest BCUT2D eigenvalue weighted by atomic mass is 15.3. The minimum Gasteiger partial charge on any atom is -0.313 e. The summed E-state index contributed by atoms with van der Waals surface area (Å²) in [5.74, 6) is 1.46. The Balaban J connectivity index is 1.31. The number of fused-ring (bicyclic) bond motifs is 7. The number of benzene rings is 5. The Bertz CT molecular complexity index is 2780. The molecule has 6 nitrogen and oxygen atoms in total. The number of rotatable bonds is 4. The van der Waals surface area contributed by atoms with Crippen molar-refractivity contribution < 1.29 is 0 Å². The van der Waals surface area contributed by atoms with E-state index in [1.807, 2.05) is 36.4 Å². The zero-order chi connectivity index (χ0) is 31.8. The van der Waals surface area contributed by atoms with E-state index in [0.717, 1.165) is 52.2 Å². The van der Waals surface area contributed by atoms with Crippen molar-refractivity contribution in [2.75, 3.05) is 0 Å². The molecular weight excluding hydrogens is 589 g/mol. The third-order valence-electron chi connectivity index (χ3n) is 9.73. The molecule has 6 heteroatoms. The lowest BCUT2D eigenvalue weighted by atomic mass is 10.1. The standard InChI is InChI=1S/C42H30N6/c1-46-39-38(27-15-5-2-6-16-27)43-40(28-17-7-3-8-18-28)44-41(39)45-42(46)48-35-24-14-12-22-31(35)33-25-36-32(26-37(33)48)30-21-11-13-23-34(30)47(36)29-19-9-4-10-20-29/h2-9,11-19,21-26H,10,20H2,1H3. The maximum atomic E-state index is 5.30. The lowest BCUT2D eigenvalue weighted by Crippen LogP contribution is -2.04. The Morgan fingerprint density at radius 2 is 1.17 bits per heavy atom. The fraction of sp³-hybridized carbons (Fsp3) is 0.0714. The normalized spacial score (nSPS) is 13.4. The van der Waals surface area contributed by atoms with Crippen molar-refractivity contribution in [3.05, 3.63) is 140 Å². The second-order valence-corrected chi connectivity index (χ2v) is 12.5. The molecule has 0 amide bonds. The Labute approximate surface area is 276 Å². The zero-order valence-corrected chi connectivity index (χ0v) is 26.4. The van der Waals surface area contributed by atoms with Crippen molar-refractivity contribution in [1.82, 2.24) is 28.7 Å². The largest absolute Gasteiger partial charge is 0.313 e. The van der Waals surface area contributed by atoms with Crippen LogP contribution in [0.25, 0.3) is 89.1 Å². The number of para-hydroxylation sites is 2. The molecule has 0 fully saturated rings. The van der Waals surface area contributed by atoms with Gasteiger partial charge in [-0.3, -0.25) is 4.57 Å². The summed E-state index contributed by atoms with van der Waals surface area (Å²) < 4.78 is 6.92. The quantitative estimate of drug-likeness (QED) is 0.197. The molecule has 48 heavy (non-hydrogen) atoms. The molecule has 0 radical (unpaired) electrons. The van der Waals surface area contributed by atoms with Crippen LogP contribution in [0.15, 0.2) is 140 Å². The van der Waals surface area contributed by atoms with E-state index < -0.39 is 0 Å². The predicted molar refractivity (Wildman–Crippen MR) is 197 cm³/mol. The first-order valence-corrected chi connectivity index (χ1v) is 16.4. The van der Waals surface area contributed by atoms with Crippen LogP contribution in [-0.4, -0.2) is 28.7 Å². The molecule has 0 atom stereocenters. The van der Waals surface area contributed by atoms with E-state index in [9.17, 15) is 0 Å². The summed E-state index contributed by atoms with van der Waals surface area (Å²) in [6.07, 6.45) is 8.76. The monoisotopic (exact) mass is 618 g/mol. The molecule has 1 aliphatic rings. The van der Waals surface area contributed by atoms with Crippen molar-refractivity contribution in [3.63, 3.8) is 0 Å². The maximum absolute atomic E-state index is 5.30. The van der Waals surface area contributed by atoms with Gasteiger partial charge in [-0.05, 0) is 43.2 Å². The van der Waals surface area contributed by atoms with Crippen LogP contribution in [0.3, 0.4) is 0 Å². The number of hydrogen-bond donors (Lipinski definition) is 0. The number of aromatic nitrogens is 6. The first-order chi connectivity index (χ1) is 23.7. The molecule has 0 saturated carbocycles. The number of nitrogens with zero attached hydrogens (tertiary/aromatic N) is 6. The van der Waals surface area contributed by atoms with Crippen molar-refractivity contribution in [1.29, 1.82) is 0 Å². The van der Waals surface area contributed by atoms with Crippen LogP contribution in [0.5, 0.6) is 0 Å². The Morgan fingerprint density at radius 1 is 0.562 bits per heavy atom. The molecule has 0 saturated heterocycles. The molecule has 0 N–H and O–H groups in total. The second-order valence-electron chi connectivity index (χ2n) is 12.5. The summed E-state index contributed by atoms with van der Waals surface area (Å²) in [5, 5.41) is 4.86. The van der Waals surface area contributed by atoms with Crippen LogP contribution in [0, 0.1) is 0 Å². The lowest BCUT2D eigenvalue weighted by molar-refractivity contribution is 0.869. The minimum absolute atomic E-state index is 0.662. The van der Waals surface area contributed by atoms with Crippen molar-refractivity contribution >= 4 is 60.5 Å². The second kappa shape index (κ2) is 10.4. The third-order valence-corrected chi connectivity index (χ3v) is 9.73. The van der Waals surface area contributed by atoms with Gasteiger partial charge in [0.1, 0.15) is 11.2 Å². The average Bonchev–Trinajstić information content (AvgIpc) is 3.77.